The maximum atomic E-state index is 13.3. The first-order valence-corrected chi connectivity index (χ1v) is 12.7. The molecule has 0 aromatic heterocycles. The van der Waals surface area contributed by atoms with Crippen LogP contribution in [0.25, 0.3) is 0 Å². The maximum Gasteiger partial charge on any atom is 0.200 e. The van der Waals surface area contributed by atoms with Gasteiger partial charge in [-0.05, 0) is 36.5 Å². The van der Waals surface area contributed by atoms with E-state index in [4.69, 9.17) is 0 Å². The lowest BCUT2D eigenvalue weighted by molar-refractivity contribution is 0.536. The van der Waals surface area contributed by atoms with Crippen molar-refractivity contribution in [1.29, 1.82) is 0 Å². The lowest BCUT2D eigenvalue weighted by Gasteiger charge is -2.31. The number of hydrogen-bond donors (Lipinski definition) is 0. The highest BCUT2D eigenvalue weighted by Crippen LogP contribution is 2.52. The summed E-state index contributed by atoms with van der Waals surface area (Å²) >= 11 is 0. The minimum atomic E-state index is -4.06. The minimum Gasteiger partial charge on any atom is -0.219 e. The van der Waals surface area contributed by atoms with Crippen LogP contribution in [-0.4, -0.2) is 25.3 Å². The van der Waals surface area contributed by atoms with Gasteiger partial charge in [-0.15, -0.1) is 0 Å². The van der Waals surface area contributed by atoms with Gasteiger partial charge >= 0.3 is 0 Å². The van der Waals surface area contributed by atoms with Crippen LogP contribution in [0.15, 0.2) is 66.9 Å². The molecule has 3 heterocycles. The standard InChI is InChI=1S/C18H20O6S3/c1-17(2,13-7-5-11-25(13,19)20)15-9-10-16(27(15,23)24)18(3,4)14-8-6-12-26(14,21)22/h5-12H,1-4H3. The molecule has 0 unspecified atom stereocenters. The van der Waals surface area contributed by atoms with E-state index in [-0.39, 0.29) is 19.6 Å². The quantitative estimate of drug-likeness (QED) is 0.682. The summed E-state index contributed by atoms with van der Waals surface area (Å²) in [6, 6.07) is 0. The van der Waals surface area contributed by atoms with E-state index in [9.17, 15) is 25.3 Å². The molecule has 0 aliphatic carbocycles. The minimum absolute atomic E-state index is 0.00773. The lowest BCUT2D eigenvalue weighted by Crippen LogP contribution is -2.30. The Balaban J connectivity index is 2.05. The molecule has 0 N–H and O–H groups in total. The van der Waals surface area contributed by atoms with Crippen LogP contribution in [0.5, 0.6) is 0 Å². The van der Waals surface area contributed by atoms with Crippen molar-refractivity contribution in [3.05, 3.63) is 66.9 Å². The molecule has 3 aliphatic rings. The van der Waals surface area contributed by atoms with E-state index >= 15 is 0 Å². The number of hydrogen-bond acceptors (Lipinski definition) is 6. The van der Waals surface area contributed by atoms with Crippen LogP contribution in [-0.2, 0) is 29.5 Å². The van der Waals surface area contributed by atoms with Gasteiger partial charge in [0.25, 0.3) is 0 Å². The van der Waals surface area contributed by atoms with Gasteiger partial charge in [0.15, 0.2) is 19.7 Å². The Labute approximate surface area is 160 Å². The Bertz CT molecular complexity index is 1140. The molecule has 9 heteroatoms. The molecule has 6 nitrogen and oxygen atoms in total. The molecule has 0 saturated carbocycles. The SMILES string of the molecule is CC(C)(C1=CC=CS1(=O)=O)C1=CC=C(C(C)(C)C2=CC=CS2(=O)=O)S1(=O)=O. The van der Waals surface area contributed by atoms with Crippen LogP contribution in [0.1, 0.15) is 27.7 Å². The Morgan fingerprint density at radius 3 is 1.15 bits per heavy atom. The summed E-state index contributed by atoms with van der Waals surface area (Å²) in [5.74, 6) is 0. The third-order valence-corrected chi connectivity index (χ3v) is 11.1. The fourth-order valence-corrected chi connectivity index (χ4v) is 9.17. The summed E-state index contributed by atoms with van der Waals surface area (Å²) in [4.78, 5) is -0.153. The zero-order valence-electron chi connectivity index (χ0n) is 15.3. The molecule has 0 atom stereocenters. The molecule has 0 aromatic carbocycles. The number of sulfone groups is 3. The molecule has 3 rings (SSSR count). The molecule has 146 valence electrons. The largest absolute Gasteiger partial charge is 0.219 e. The lowest BCUT2D eigenvalue weighted by atomic mass is 9.90. The second-order valence-electron chi connectivity index (χ2n) is 7.62. The predicted molar refractivity (Wildman–Crippen MR) is 105 cm³/mol. The van der Waals surface area contributed by atoms with Crippen LogP contribution in [0.4, 0.5) is 0 Å². The molecule has 27 heavy (non-hydrogen) atoms. The van der Waals surface area contributed by atoms with Crippen molar-refractivity contribution < 1.29 is 25.3 Å². The van der Waals surface area contributed by atoms with E-state index in [1.165, 1.54) is 64.2 Å². The molecule has 0 radical (unpaired) electrons. The fraction of sp³-hybridized carbons (Fsp3) is 0.333. The van der Waals surface area contributed by atoms with Gasteiger partial charge in [-0.2, -0.15) is 0 Å². The molecule has 3 aliphatic heterocycles. The van der Waals surface area contributed by atoms with Crippen molar-refractivity contribution in [3.8, 4) is 0 Å². The average Bonchev–Trinajstić information content (AvgIpc) is 3.13. The van der Waals surface area contributed by atoms with E-state index < -0.39 is 40.3 Å². The first-order chi connectivity index (χ1) is 12.1. The third-order valence-electron chi connectivity index (χ3n) is 5.05. The zero-order chi connectivity index (χ0) is 20.5. The summed E-state index contributed by atoms with van der Waals surface area (Å²) in [7, 11) is -11.4. The fourth-order valence-electron chi connectivity index (χ4n) is 3.70. The van der Waals surface area contributed by atoms with Crippen molar-refractivity contribution >= 4 is 29.5 Å². The Morgan fingerprint density at radius 1 is 0.556 bits per heavy atom. The highest BCUT2D eigenvalue weighted by Gasteiger charge is 2.50. The van der Waals surface area contributed by atoms with Crippen LogP contribution < -0.4 is 0 Å². The predicted octanol–water partition coefficient (Wildman–Crippen LogP) is 2.89. The molecule has 0 spiro atoms. The Morgan fingerprint density at radius 2 is 0.889 bits per heavy atom. The molecule has 0 fully saturated rings. The summed E-state index contributed by atoms with van der Waals surface area (Å²) in [5, 5.41) is 2.07. The first-order valence-electron chi connectivity index (χ1n) is 8.11. The molecular weight excluding hydrogens is 408 g/mol. The van der Waals surface area contributed by atoms with Crippen molar-refractivity contribution in [3.63, 3.8) is 0 Å². The monoisotopic (exact) mass is 428 g/mol. The van der Waals surface area contributed by atoms with Gasteiger partial charge in [-0.3, -0.25) is 0 Å². The Hall–Kier alpha value is -1.71. The molecular formula is C18H20O6S3. The van der Waals surface area contributed by atoms with Crippen molar-refractivity contribution in [2.45, 2.75) is 27.7 Å². The van der Waals surface area contributed by atoms with Crippen molar-refractivity contribution in [2.24, 2.45) is 10.8 Å². The first kappa shape index (κ1) is 20.0. The van der Waals surface area contributed by atoms with Gasteiger partial charge in [0.2, 0.25) is 9.84 Å². The molecule has 0 bridgehead atoms. The number of rotatable bonds is 4. The number of allylic oxidation sites excluding steroid dienone is 10. The second-order valence-corrected chi connectivity index (χ2v) is 13.1. The van der Waals surface area contributed by atoms with Crippen LogP contribution in [0, 0.1) is 10.8 Å². The average molecular weight is 429 g/mol. The summed E-state index contributed by atoms with van der Waals surface area (Å²) in [6.45, 7) is 6.13. The van der Waals surface area contributed by atoms with Crippen molar-refractivity contribution in [1.82, 2.24) is 0 Å². The van der Waals surface area contributed by atoms with E-state index in [0.717, 1.165) is 10.8 Å². The topological polar surface area (TPSA) is 102 Å². The van der Waals surface area contributed by atoms with E-state index in [0.29, 0.717) is 0 Å². The van der Waals surface area contributed by atoms with Gasteiger partial charge in [-0.1, -0.05) is 27.7 Å². The van der Waals surface area contributed by atoms with E-state index in [1.54, 1.807) is 0 Å². The normalized spacial score (nSPS) is 25.2. The zero-order valence-corrected chi connectivity index (χ0v) is 17.7. The van der Waals surface area contributed by atoms with Crippen LogP contribution in [0.2, 0.25) is 0 Å². The summed E-state index contributed by atoms with van der Waals surface area (Å²) in [6.07, 6.45) is 8.27. The summed E-state index contributed by atoms with van der Waals surface area (Å²) in [5.41, 5.74) is -2.59. The van der Waals surface area contributed by atoms with Gasteiger partial charge in [0.05, 0.1) is 19.6 Å². The van der Waals surface area contributed by atoms with E-state index in [1.807, 2.05) is 0 Å². The second kappa shape index (κ2) is 5.65. The van der Waals surface area contributed by atoms with Crippen molar-refractivity contribution in [2.75, 3.05) is 0 Å². The van der Waals surface area contributed by atoms with Gasteiger partial charge in [0.1, 0.15) is 0 Å². The smallest absolute Gasteiger partial charge is 0.200 e. The van der Waals surface area contributed by atoms with Gasteiger partial charge in [-0.25, -0.2) is 25.3 Å². The Kier molecular flexibility index (Phi) is 4.19. The highest BCUT2D eigenvalue weighted by molar-refractivity contribution is 8.00. The third kappa shape index (κ3) is 2.83. The van der Waals surface area contributed by atoms with Gasteiger partial charge < -0.3 is 0 Å². The highest BCUT2D eigenvalue weighted by atomic mass is 32.2. The van der Waals surface area contributed by atoms with Gasteiger partial charge in [0, 0.05) is 21.6 Å². The molecule has 0 saturated heterocycles. The summed E-state index contributed by atoms with van der Waals surface area (Å²) < 4.78 is 75.6. The maximum absolute atomic E-state index is 13.3. The van der Waals surface area contributed by atoms with Crippen LogP contribution >= 0.6 is 0 Å². The molecule has 0 aromatic rings. The molecule has 0 amide bonds. The van der Waals surface area contributed by atoms with E-state index in [2.05, 4.69) is 0 Å². The van der Waals surface area contributed by atoms with Crippen LogP contribution in [0.3, 0.4) is 0 Å².